The Kier molecular flexibility index (Phi) is 2.46. The van der Waals surface area contributed by atoms with Gasteiger partial charge in [0.05, 0.1) is 13.2 Å². The lowest BCUT2D eigenvalue weighted by molar-refractivity contribution is 0.151. The third kappa shape index (κ3) is 1.50. The zero-order chi connectivity index (χ0) is 10.1. The highest BCUT2D eigenvalue weighted by Gasteiger charge is 2.23. The molecule has 0 fully saturated rings. The normalized spacial score (nSPS) is 25.6. The summed E-state index contributed by atoms with van der Waals surface area (Å²) >= 11 is 0. The van der Waals surface area contributed by atoms with Crippen molar-refractivity contribution in [2.24, 2.45) is 0 Å². The molecule has 1 aromatic carbocycles. The minimum Gasteiger partial charge on any atom is -0.497 e. The third-order valence-corrected chi connectivity index (χ3v) is 3.06. The van der Waals surface area contributed by atoms with Crippen LogP contribution in [-0.2, 0) is 0 Å². The number of aliphatic hydroxyl groups excluding tert-OH is 1. The van der Waals surface area contributed by atoms with Gasteiger partial charge in [0, 0.05) is 0 Å². The van der Waals surface area contributed by atoms with Crippen LogP contribution >= 0.6 is 0 Å². The minimum atomic E-state index is -0.309. The van der Waals surface area contributed by atoms with Crippen LogP contribution in [0.2, 0.25) is 0 Å². The Morgan fingerprint density at radius 3 is 2.79 bits per heavy atom. The maximum absolute atomic E-state index is 9.84. The molecule has 1 aliphatic rings. The van der Waals surface area contributed by atoms with E-state index < -0.39 is 0 Å². The summed E-state index contributed by atoms with van der Waals surface area (Å²) < 4.78 is 5.15. The number of aliphatic hydroxyl groups is 1. The molecule has 14 heavy (non-hydrogen) atoms. The van der Waals surface area contributed by atoms with Gasteiger partial charge in [-0.2, -0.15) is 0 Å². The van der Waals surface area contributed by atoms with Crippen molar-refractivity contribution in [1.82, 2.24) is 0 Å². The summed E-state index contributed by atoms with van der Waals surface area (Å²) in [5.41, 5.74) is 2.31. The van der Waals surface area contributed by atoms with Crippen LogP contribution in [0, 0.1) is 0 Å². The van der Waals surface area contributed by atoms with E-state index in [1.807, 2.05) is 12.1 Å². The minimum absolute atomic E-state index is 0.309. The predicted octanol–water partition coefficient (Wildman–Crippen LogP) is 2.63. The van der Waals surface area contributed by atoms with Crippen LogP contribution in [0.1, 0.15) is 42.9 Å². The summed E-state index contributed by atoms with van der Waals surface area (Å²) in [5, 5.41) is 9.84. The van der Waals surface area contributed by atoms with Crippen LogP contribution in [-0.4, -0.2) is 12.2 Å². The van der Waals surface area contributed by atoms with Crippen LogP contribution in [0.3, 0.4) is 0 Å². The lowest BCUT2D eigenvalue weighted by Crippen LogP contribution is -2.12. The Bertz CT molecular complexity index is 333. The van der Waals surface area contributed by atoms with E-state index in [9.17, 15) is 5.11 Å². The van der Waals surface area contributed by atoms with Crippen molar-refractivity contribution in [3.05, 3.63) is 29.3 Å². The highest BCUT2D eigenvalue weighted by Crippen LogP contribution is 2.38. The maximum atomic E-state index is 9.84. The first kappa shape index (κ1) is 9.53. The van der Waals surface area contributed by atoms with E-state index >= 15 is 0 Å². The van der Waals surface area contributed by atoms with Gasteiger partial charge >= 0.3 is 0 Å². The highest BCUT2D eigenvalue weighted by atomic mass is 16.5. The summed E-state index contributed by atoms with van der Waals surface area (Å²) in [6.45, 7) is 2.21. The molecule has 2 rings (SSSR count). The molecule has 76 valence electrons. The summed E-state index contributed by atoms with van der Waals surface area (Å²) in [7, 11) is 1.65. The fourth-order valence-corrected chi connectivity index (χ4v) is 2.14. The molecule has 0 saturated carbocycles. The Hall–Kier alpha value is -1.02. The van der Waals surface area contributed by atoms with Crippen LogP contribution in [0.5, 0.6) is 5.75 Å². The first-order chi connectivity index (χ1) is 6.72. The van der Waals surface area contributed by atoms with Gasteiger partial charge in [-0.25, -0.2) is 0 Å². The molecule has 0 saturated heterocycles. The van der Waals surface area contributed by atoms with Crippen LogP contribution in [0.15, 0.2) is 18.2 Å². The molecule has 2 atom stereocenters. The molecule has 1 aromatic rings. The quantitative estimate of drug-likeness (QED) is 0.741. The Morgan fingerprint density at radius 1 is 1.29 bits per heavy atom. The third-order valence-electron chi connectivity index (χ3n) is 3.06. The molecule has 0 spiro atoms. The largest absolute Gasteiger partial charge is 0.497 e. The summed E-state index contributed by atoms with van der Waals surface area (Å²) in [6.07, 6.45) is 1.62. The van der Waals surface area contributed by atoms with Gasteiger partial charge in [0.15, 0.2) is 0 Å². The van der Waals surface area contributed by atoms with Crippen molar-refractivity contribution >= 4 is 0 Å². The van der Waals surface area contributed by atoms with Gasteiger partial charge < -0.3 is 9.84 Å². The molecule has 2 nitrogen and oxygen atoms in total. The van der Waals surface area contributed by atoms with E-state index in [1.165, 1.54) is 5.56 Å². The first-order valence-corrected chi connectivity index (χ1v) is 5.08. The summed E-state index contributed by atoms with van der Waals surface area (Å²) in [5.74, 6) is 1.39. The maximum Gasteiger partial charge on any atom is 0.119 e. The standard InChI is InChI=1S/C12H16O2/c1-8-3-6-12(13)11-7-9(14-2)4-5-10(8)11/h4-5,7-8,12-13H,3,6H2,1-2H3. The van der Waals surface area contributed by atoms with Gasteiger partial charge in [-0.05, 0) is 42.0 Å². The second-order valence-corrected chi connectivity index (χ2v) is 3.99. The average Bonchev–Trinajstić information content (AvgIpc) is 2.23. The van der Waals surface area contributed by atoms with Gasteiger partial charge in [0.25, 0.3) is 0 Å². The molecule has 0 bridgehead atoms. The van der Waals surface area contributed by atoms with Crippen molar-refractivity contribution in [1.29, 1.82) is 0 Å². The fraction of sp³-hybridized carbons (Fsp3) is 0.500. The number of hydrogen-bond donors (Lipinski definition) is 1. The second kappa shape index (κ2) is 3.62. The molecule has 2 heteroatoms. The Labute approximate surface area is 84.5 Å². The van der Waals surface area contributed by atoms with Crippen LogP contribution < -0.4 is 4.74 Å². The number of ether oxygens (including phenoxy) is 1. The molecular weight excluding hydrogens is 176 g/mol. The lowest BCUT2D eigenvalue weighted by atomic mass is 9.82. The number of hydrogen-bond acceptors (Lipinski definition) is 2. The number of benzene rings is 1. The zero-order valence-electron chi connectivity index (χ0n) is 8.66. The molecule has 2 unspecified atom stereocenters. The lowest BCUT2D eigenvalue weighted by Gasteiger charge is -2.26. The number of methoxy groups -OCH3 is 1. The van der Waals surface area contributed by atoms with Gasteiger partial charge in [0.2, 0.25) is 0 Å². The average molecular weight is 192 g/mol. The monoisotopic (exact) mass is 192 g/mol. The van der Waals surface area contributed by atoms with Crippen molar-refractivity contribution in [2.75, 3.05) is 7.11 Å². The van der Waals surface area contributed by atoms with Gasteiger partial charge in [-0.15, -0.1) is 0 Å². The van der Waals surface area contributed by atoms with E-state index in [0.29, 0.717) is 5.92 Å². The first-order valence-electron chi connectivity index (χ1n) is 5.08. The van der Waals surface area contributed by atoms with Crippen molar-refractivity contribution in [3.63, 3.8) is 0 Å². The molecule has 0 aliphatic heterocycles. The van der Waals surface area contributed by atoms with Crippen molar-refractivity contribution in [2.45, 2.75) is 31.8 Å². The molecule has 1 N–H and O–H groups in total. The SMILES string of the molecule is COc1ccc2c(c1)C(O)CCC2C. The van der Waals surface area contributed by atoms with E-state index in [-0.39, 0.29) is 6.10 Å². The molecular formula is C12H16O2. The summed E-state index contributed by atoms with van der Waals surface area (Å²) in [6, 6.07) is 5.99. The van der Waals surface area contributed by atoms with Crippen LogP contribution in [0.25, 0.3) is 0 Å². The molecule has 0 aromatic heterocycles. The summed E-state index contributed by atoms with van der Waals surface area (Å²) in [4.78, 5) is 0. The molecule has 0 radical (unpaired) electrons. The Balaban J connectivity index is 2.45. The molecule has 1 aliphatic carbocycles. The van der Waals surface area contributed by atoms with Gasteiger partial charge in [-0.1, -0.05) is 13.0 Å². The Morgan fingerprint density at radius 2 is 2.07 bits per heavy atom. The second-order valence-electron chi connectivity index (χ2n) is 3.99. The van der Waals surface area contributed by atoms with Gasteiger partial charge in [-0.3, -0.25) is 0 Å². The molecule has 0 amide bonds. The van der Waals surface area contributed by atoms with E-state index in [1.54, 1.807) is 7.11 Å². The van der Waals surface area contributed by atoms with E-state index in [4.69, 9.17) is 4.74 Å². The predicted molar refractivity (Wildman–Crippen MR) is 55.6 cm³/mol. The van der Waals surface area contributed by atoms with Crippen molar-refractivity contribution < 1.29 is 9.84 Å². The zero-order valence-corrected chi connectivity index (χ0v) is 8.66. The smallest absolute Gasteiger partial charge is 0.119 e. The van der Waals surface area contributed by atoms with Crippen molar-refractivity contribution in [3.8, 4) is 5.75 Å². The number of fused-ring (bicyclic) bond motifs is 1. The van der Waals surface area contributed by atoms with E-state index in [2.05, 4.69) is 13.0 Å². The van der Waals surface area contributed by atoms with E-state index in [0.717, 1.165) is 24.2 Å². The number of rotatable bonds is 1. The molecule has 0 heterocycles. The highest BCUT2D eigenvalue weighted by molar-refractivity contribution is 5.40. The topological polar surface area (TPSA) is 29.5 Å². The fourth-order valence-electron chi connectivity index (χ4n) is 2.14. The van der Waals surface area contributed by atoms with Gasteiger partial charge in [0.1, 0.15) is 5.75 Å². The van der Waals surface area contributed by atoms with Crippen LogP contribution in [0.4, 0.5) is 0 Å².